The van der Waals surface area contributed by atoms with Gasteiger partial charge in [0.1, 0.15) is 11.9 Å². The lowest BCUT2D eigenvalue weighted by molar-refractivity contribution is -0.248. The zero-order chi connectivity index (χ0) is 25.6. The van der Waals surface area contributed by atoms with Gasteiger partial charge in [-0.2, -0.15) is 0 Å². The highest BCUT2D eigenvalue weighted by atomic mass is 16.7. The van der Waals surface area contributed by atoms with Crippen LogP contribution >= 0.6 is 0 Å². The summed E-state index contributed by atoms with van der Waals surface area (Å²) in [6.07, 6.45) is 8.55. The average Bonchev–Trinajstić information content (AvgIpc) is 3.16. The quantitative estimate of drug-likeness (QED) is 0.444. The molecule has 5 rings (SSSR count). The van der Waals surface area contributed by atoms with E-state index in [0.717, 1.165) is 12.8 Å². The molecule has 4 saturated carbocycles. The molecule has 0 aromatic carbocycles. The summed E-state index contributed by atoms with van der Waals surface area (Å²) >= 11 is 0. The van der Waals surface area contributed by atoms with Crippen LogP contribution in [-0.2, 0) is 23.8 Å². The summed E-state index contributed by atoms with van der Waals surface area (Å²) in [5.74, 6) is 0.427. The Hall–Kier alpha value is -0.940. The first-order chi connectivity index (χ1) is 16.3. The van der Waals surface area contributed by atoms with Gasteiger partial charge >= 0.3 is 5.97 Å². The lowest BCUT2D eigenvalue weighted by Crippen LogP contribution is -2.68. The van der Waals surface area contributed by atoms with Crippen LogP contribution in [0.4, 0.5) is 0 Å². The summed E-state index contributed by atoms with van der Waals surface area (Å²) in [5, 5.41) is 0. The SMILES string of the molecule is CCC1(C)CCCC2(C)C1CCC1(C)C2CC(=O)C2(C)C3COC(C)(OC)C3C(OC(C)=O)CC12. The normalized spacial score (nSPS) is 55.4. The average molecular weight is 489 g/mol. The monoisotopic (exact) mass is 488 g/mol. The number of carbonyl (C=O) groups excluding carboxylic acids is 2. The predicted octanol–water partition coefficient (Wildman–Crippen LogP) is 6.18. The highest BCUT2D eigenvalue weighted by Gasteiger charge is 2.73. The van der Waals surface area contributed by atoms with E-state index < -0.39 is 11.2 Å². The van der Waals surface area contributed by atoms with Gasteiger partial charge in [-0.25, -0.2) is 0 Å². The van der Waals surface area contributed by atoms with Crippen LogP contribution in [-0.4, -0.2) is 37.4 Å². The number of carbonyl (C=O) groups is 2. The summed E-state index contributed by atoms with van der Waals surface area (Å²) in [5.41, 5.74) is 0.133. The van der Waals surface area contributed by atoms with Gasteiger partial charge in [0.15, 0.2) is 5.79 Å². The highest BCUT2D eigenvalue weighted by Crippen LogP contribution is 2.74. The number of esters is 1. The largest absolute Gasteiger partial charge is 0.462 e. The van der Waals surface area contributed by atoms with E-state index in [4.69, 9.17) is 14.2 Å². The first-order valence-electron chi connectivity index (χ1n) is 14.2. The van der Waals surface area contributed by atoms with E-state index >= 15 is 0 Å². The molecule has 0 aromatic rings. The molecule has 35 heavy (non-hydrogen) atoms. The Bertz CT molecular complexity index is 901. The first-order valence-corrected chi connectivity index (χ1v) is 14.2. The highest BCUT2D eigenvalue weighted by molar-refractivity contribution is 5.87. The van der Waals surface area contributed by atoms with Crippen LogP contribution in [0.5, 0.6) is 0 Å². The minimum atomic E-state index is -0.841. The summed E-state index contributed by atoms with van der Waals surface area (Å²) < 4.78 is 18.2. The number of fused-ring (bicyclic) bond motifs is 7. The summed E-state index contributed by atoms with van der Waals surface area (Å²) in [6.45, 7) is 16.0. The number of ketones is 1. The van der Waals surface area contributed by atoms with Crippen molar-refractivity contribution in [1.29, 1.82) is 0 Å². The van der Waals surface area contributed by atoms with Crippen molar-refractivity contribution in [2.24, 2.45) is 51.2 Å². The molecular formula is C30H48O5. The van der Waals surface area contributed by atoms with Gasteiger partial charge in [-0.3, -0.25) is 9.59 Å². The number of methoxy groups -OCH3 is 1. The third-order valence-electron chi connectivity index (χ3n) is 12.9. The topological polar surface area (TPSA) is 61.8 Å². The van der Waals surface area contributed by atoms with Crippen molar-refractivity contribution in [1.82, 2.24) is 0 Å². The molecule has 0 bridgehead atoms. The van der Waals surface area contributed by atoms with Crippen LogP contribution in [0.2, 0.25) is 0 Å². The molecule has 1 heterocycles. The Balaban J connectivity index is 1.59. The Morgan fingerprint density at radius 3 is 2.34 bits per heavy atom. The third-order valence-corrected chi connectivity index (χ3v) is 12.9. The van der Waals surface area contributed by atoms with Gasteiger partial charge in [-0.15, -0.1) is 0 Å². The number of rotatable bonds is 3. The van der Waals surface area contributed by atoms with E-state index in [-0.39, 0.29) is 40.7 Å². The molecule has 0 amide bonds. The fourth-order valence-electron chi connectivity index (χ4n) is 10.9. The number of hydrogen-bond donors (Lipinski definition) is 0. The second-order valence-corrected chi connectivity index (χ2v) is 14.0. The smallest absolute Gasteiger partial charge is 0.302 e. The summed E-state index contributed by atoms with van der Waals surface area (Å²) in [6, 6.07) is 0. The standard InChI is InChI=1S/C30H48O5/c1-9-26(3)12-10-13-27(4)21(26)11-14-28(5)22(27)16-24(32)29(6)19-17-34-30(7,33-8)25(19)20(15-23(28)29)35-18(2)31/h19-23,25H,9-17H2,1-8H3. The van der Waals surface area contributed by atoms with Crippen molar-refractivity contribution in [2.75, 3.05) is 13.7 Å². The molecule has 0 spiro atoms. The lowest BCUT2D eigenvalue weighted by atomic mass is 9.34. The first kappa shape index (κ1) is 25.7. The number of hydrogen-bond acceptors (Lipinski definition) is 5. The van der Waals surface area contributed by atoms with E-state index in [0.29, 0.717) is 36.1 Å². The van der Waals surface area contributed by atoms with Crippen LogP contribution in [0.1, 0.15) is 99.8 Å². The van der Waals surface area contributed by atoms with Crippen molar-refractivity contribution < 1.29 is 23.8 Å². The van der Waals surface area contributed by atoms with E-state index in [1.54, 1.807) is 7.11 Å². The van der Waals surface area contributed by atoms with Crippen molar-refractivity contribution in [3.05, 3.63) is 0 Å². The van der Waals surface area contributed by atoms with Gasteiger partial charge in [0, 0.05) is 31.8 Å². The molecule has 11 atom stereocenters. The molecule has 4 aliphatic carbocycles. The minimum Gasteiger partial charge on any atom is -0.462 e. The third kappa shape index (κ3) is 3.25. The van der Waals surface area contributed by atoms with E-state index in [1.807, 2.05) is 6.92 Å². The van der Waals surface area contributed by atoms with Gasteiger partial charge < -0.3 is 14.2 Å². The van der Waals surface area contributed by atoms with Crippen LogP contribution in [0.3, 0.4) is 0 Å². The van der Waals surface area contributed by atoms with Gasteiger partial charge in [0.05, 0.1) is 12.5 Å². The molecule has 198 valence electrons. The van der Waals surface area contributed by atoms with E-state index in [1.165, 1.54) is 39.0 Å². The van der Waals surface area contributed by atoms with Crippen LogP contribution in [0.15, 0.2) is 0 Å². The molecule has 5 nitrogen and oxygen atoms in total. The maximum Gasteiger partial charge on any atom is 0.302 e. The zero-order valence-corrected chi connectivity index (χ0v) is 23.4. The van der Waals surface area contributed by atoms with Gasteiger partial charge in [0.25, 0.3) is 0 Å². The second kappa shape index (κ2) is 8.03. The number of ether oxygens (including phenoxy) is 3. The molecule has 1 saturated heterocycles. The summed E-state index contributed by atoms with van der Waals surface area (Å²) in [7, 11) is 1.66. The molecule has 5 heteroatoms. The Morgan fingerprint density at radius 2 is 1.71 bits per heavy atom. The Labute approximate surface area is 212 Å². The van der Waals surface area contributed by atoms with Crippen LogP contribution in [0, 0.1) is 51.2 Å². The maximum absolute atomic E-state index is 14.4. The van der Waals surface area contributed by atoms with Gasteiger partial charge in [0.2, 0.25) is 0 Å². The van der Waals surface area contributed by atoms with Crippen LogP contribution < -0.4 is 0 Å². The van der Waals surface area contributed by atoms with Gasteiger partial charge in [-0.05, 0) is 73.0 Å². The number of Topliss-reactive ketones (excluding diaryl/α,β-unsaturated/α-hetero) is 1. The van der Waals surface area contributed by atoms with Crippen molar-refractivity contribution in [3.8, 4) is 0 Å². The molecule has 0 N–H and O–H groups in total. The second-order valence-electron chi connectivity index (χ2n) is 14.0. The van der Waals surface area contributed by atoms with E-state index in [2.05, 4.69) is 34.6 Å². The van der Waals surface area contributed by atoms with Crippen LogP contribution in [0.25, 0.3) is 0 Å². The fraction of sp³-hybridized carbons (Fsp3) is 0.933. The molecule has 1 aliphatic heterocycles. The molecule has 0 radical (unpaired) electrons. The molecule has 0 aromatic heterocycles. The zero-order valence-electron chi connectivity index (χ0n) is 23.4. The Morgan fingerprint density at radius 1 is 1.03 bits per heavy atom. The van der Waals surface area contributed by atoms with Gasteiger partial charge in [-0.1, -0.05) is 47.5 Å². The fourth-order valence-corrected chi connectivity index (χ4v) is 10.9. The Kier molecular flexibility index (Phi) is 5.89. The molecule has 5 aliphatic rings. The predicted molar refractivity (Wildman–Crippen MR) is 134 cm³/mol. The van der Waals surface area contributed by atoms with Crippen molar-refractivity contribution in [3.63, 3.8) is 0 Å². The van der Waals surface area contributed by atoms with E-state index in [9.17, 15) is 9.59 Å². The van der Waals surface area contributed by atoms with Crippen molar-refractivity contribution >= 4 is 11.8 Å². The maximum atomic E-state index is 14.4. The molecule has 5 fully saturated rings. The lowest BCUT2D eigenvalue weighted by Gasteiger charge is -2.70. The molecular weight excluding hydrogens is 440 g/mol. The minimum absolute atomic E-state index is 0.00128. The molecule has 11 unspecified atom stereocenters. The van der Waals surface area contributed by atoms with Crippen molar-refractivity contribution in [2.45, 2.75) is 112 Å². The summed E-state index contributed by atoms with van der Waals surface area (Å²) in [4.78, 5) is 26.6.